The Hall–Kier alpha value is -3.52. The van der Waals surface area contributed by atoms with E-state index in [1.54, 1.807) is 20.3 Å². The Morgan fingerprint density at radius 3 is 2.36 bits per heavy atom. The summed E-state index contributed by atoms with van der Waals surface area (Å²) in [7, 11) is 3.14. The molecule has 5 nitrogen and oxygen atoms in total. The number of nitrogens with two attached hydrogens (primary N) is 1. The number of para-hydroxylation sites is 1. The van der Waals surface area contributed by atoms with Crippen LogP contribution in [0.1, 0.15) is 5.56 Å². The Bertz CT molecular complexity index is 947. The molecule has 0 spiro atoms. The Labute approximate surface area is 146 Å². The zero-order valence-electron chi connectivity index (χ0n) is 14.0. The lowest BCUT2D eigenvalue weighted by atomic mass is 9.97. The highest BCUT2D eigenvalue weighted by Crippen LogP contribution is 2.41. The Kier molecular flexibility index (Phi) is 4.53. The quantitative estimate of drug-likeness (QED) is 0.784. The van der Waals surface area contributed by atoms with Crippen LogP contribution in [0.25, 0.3) is 22.4 Å². The summed E-state index contributed by atoms with van der Waals surface area (Å²) < 4.78 is 10.9. The number of nitriles is 1. The van der Waals surface area contributed by atoms with Gasteiger partial charge in [-0.2, -0.15) is 5.26 Å². The third-order valence-electron chi connectivity index (χ3n) is 3.92. The van der Waals surface area contributed by atoms with Gasteiger partial charge in [0.1, 0.15) is 17.5 Å². The molecule has 1 aromatic heterocycles. The highest BCUT2D eigenvalue weighted by Gasteiger charge is 2.18. The molecule has 124 valence electrons. The number of rotatable bonds is 4. The number of ether oxygens (including phenoxy) is 2. The smallest absolute Gasteiger partial charge is 0.168 e. The Morgan fingerprint density at radius 1 is 0.960 bits per heavy atom. The number of methoxy groups -OCH3 is 2. The molecule has 2 N–H and O–H groups in total. The molecule has 0 aliphatic carbocycles. The van der Waals surface area contributed by atoms with Crippen molar-refractivity contribution in [2.24, 2.45) is 0 Å². The number of aromatic nitrogens is 1. The standard InChI is InChI=1S/C20H17N3O2/c1-24-18-10-6-9-14(19(18)25-2)15-11-17(13-7-4-3-5-8-13)23-20(22)16(15)12-21/h3-11H,1-2H3,(H2,22,23). The molecular formula is C20H17N3O2. The summed E-state index contributed by atoms with van der Waals surface area (Å²) in [5.74, 6) is 1.32. The highest BCUT2D eigenvalue weighted by molar-refractivity contribution is 5.84. The van der Waals surface area contributed by atoms with E-state index < -0.39 is 0 Å². The minimum Gasteiger partial charge on any atom is -0.493 e. The fraction of sp³-hybridized carbons (Fsp3) is 0.100. The fourth-order valence-electron chi connectivity index (χ4n) is 2.75. The van der Waals surface area contributed by atoms with Crippen LogP contribution >= 0.6 is 0 Å². The van der Waals surface area contributed by atoms with Gasteiger partial charge in [-0.15, -0.1) is 0 Å². The first kappa shape index (κ1) is 16.3. The van der Waals surface area contributed by atoms with Crippen LogP contribution < -0.4 is 15.2 Å². The number of hydrogen-bond acceptors (Lipinski definition) is 5. The van der Waals surface area contributed by atoms with E-state index in [0.717, 1.165) is 11.1 Å². The van der Waals surface area contributed by atoms with Crippen LogP contribution in [-0.2, 0) is 0 Å². The van der Waals surface area contributed by atoms with E-state index >= 15 is 0 Å². The van der Waals surface area contributed by atoms with Crippen LogP contribution in [0.2, 0.25) is 0 Å². The predicted molar refractivity (Wildman–Crippen MR) is 97.3 cm³/mol. The second-order valence-corrected chi connectivity index (χ2v) is 5.33. The third kappa shape index (κ3) is 2.98. The molecule has 0 bridgehead atoms. The van der Waals surface area contributed by atoms with Crippen molar-refractivity contribution in [1.82, 2.24) is 4.98 Å². The average Bonchev–Trinajstić information content (AvgIpc) is 2.67. The van der Waals surface area contributed by atoms with Crippen molar-refractivity contribution in [2.75, 3.05) is 20.0 Å². The molecule has 3 aromatic rings. The zero-order valence-corrected chi connectivity index (χ0v) is 14.0. The summed E-state index contributed by atoms with van der Waals surface area (Å²) in [6.45, 7) is 0. The van der Waals surface area contributed by atoms with E-state index in [4.69, 9.17) is 15.2 Å². The molecular weight excluding hydrogens is 314 g/mol. The van der Waals surface area contributed by atoms with Crippen molar-refractivity contribution in [3.63, 3.8) is 0 Å². The Morgan fingerprint density at radius 2 is 1.72 bits per heavy atom. The average molecular weight is 331 g/mol. The van der Waals surface area contributed by atoms with E-state index in [1.807, 2.05) is 48.5 Å². The third-order valence-corrected chi connectivity index (χ3v) is 3.92. The molecule has 25 heavy (non-hydrogen) atoms. The molecule has 0 amide bonds. The summed E-state index contributed by atoms with van der Waals surface area (Å²) in [5.41, 5.74) is 9.37. The minimum absolute atomic E-state index is 0.184. The van der Waals surface area contributed by atoms with Gasteiger partial charge in [0.05, 0.1) is 19.9 Å². The van der Waals surface area contributed by atoms with Gasteiger partial charge in [0.15, 0.2) is 11.5 Å². The van der Waals surface area contributed by atoms with Gasteiger partial charge in [-0.1, -0.05) is 42.5 Å². The van der Waals surface area contributed by atoms with Crippen LogP contribution in [-0.4, -0.2) is 19.2 Å². The first-order valence-electron chi connectivity index (χ1n) is 7.67. The molecule has 3 rings (SSSR count). The predicted octanol–water partition coefficient (Wildman–Crippen LogP) is 3.89. The molecule has 0 aliphatic rings. The summed E-state index contributed by atoms with van der Waals surface area (Å²) >= 11 is 0. The van der Waals surface area contributed by atoms with E-state index in [9.17, 15) is 5.26 Å². The van der Waals surface area contributed by atoms with Gasteiger partial charge in [-0.05, 0) is 12.1 Å². The molecule has 0 atom stereocenters. The van der Waals surface area contributed by atoms with Crippen LogP contribution in [0, 0.1) is 11.3 Å². The van der Waals surface area contributed by atoms with Gasteiger partial charge >= 0.3 is 0 Å². The number of nitrogen functional groups attached to an aromatic ring is 1. The fourth-order valence-corrected chi connectivity index (χ4v) is 2.75. The monoisotopic (exact) mass is 331 g/mol. The van der Waals surface area contributed by atoms with Crippen LogP contribution in [0.5, 0.6) is 11.5 Å². The van der Waals surface area contributed by atoms with Crippen molar-refractivity contribution < 1.29 is 9.47 Å². The first-order chi connectivity index (χ1) is 12.2. The number of benzene rings is 2. The van der Waals surface area contributed by atoms with Gasteiger partial charge in [0.2, 0.25) is 0 Å². The van der Waals surface area contributed by atoms with E-state index in [0.29, 0.717) is 28.3 Å². The summed E-state index contributed by atoms with van der Waals surface area (Å²) in [6.07, 6.45) is 0. The maximum absolute atomic E-state index is 9.57. The van der Waals surface area contributed by atoms with Crippen molar-refractivity contribution >= 4 is 5.82 Å². The molecule has 0 fully saturated rings. The van der Waals surface area contributed by atoms with Gasteiger partial charge in [-0.25, -0.2) is 4.98 Å². The van der Waals surface area contributed by atoms with Gasteiger partial charge in [0.25, 0.3) is 0 Å². The number of nitrogens with zero attached hydrogens (tertiary/aromatic N) is 2. The Balaban J connectivity index is 2.30. The zero-order chi connectivity index (χ0) is 17.8. The van der Waals surface area contributed by atoms with Gasteiger partial charge in [-0.3, -0.25) is 0 Å². The van der Waals surface area contributed by atoms with Crippen molar-refractivity contribution in [2.45, 2.75) is 0 Å². The second kappa shape index (κ2) is 6.93. The molecule has 5 heteroatoms. The van der Waals surface area contributed by atoms with Crippen molar-refractivity contribution in [1.29, 1.82) is 5.26 Å². The lowest BCUT2D eigenvalue weighted by Gasteiger charge is -2.15. The highest BCUT2D eigenvalue weighted by atomic mass is 16.5. The molecule has 0 saturated heterocycles. The normalized spacial score (nSPS) is 10.1. The van der Waals surface area contributed by atoms with Gasteiger partial charge in [0, 0.05) is 16.7 Å². The molecule has 2 aromatic carbocycles. The van der Waals surface area contributed by atoms with E-state index in [-0.39, 0.29) is 5.82 Å². The summed E-state index contributed by atoms with van der Waals surface area (Å²) in [4.78, 5) is 4.38. The number of hydrogen-bond donors (Lipinski definition) is 1. The molecule has 0 aliphatic heterocycles. The molecule has 1 heterocycles. The van der Waals surface area contributed by atoms with Crippen LogP contribution in [0.15, 0.2) is 54.6 Å². The maximum Gasteiger partial charge on any atom is 0.168 e. The van der Waals surface area contributed by atoms with Crippen molar-refractivity contribution in [3.05, 3.63) is 60.2 Å². The number of pyridine rings is 1. The lowest BCUT2D eigenvalue weighted by molar-refractivity contribution is 0.356. The lowest BCUT2D eigenvalue weighted by Crippen LogP contribution is -2.01. The maximum atomic E-state index is 9.57. The topological polar surface area (TPSA) is 81.2 Å². The largest absolute Gasteiger partial charge is 0.493 e. The summed E-state index contributed by atoms with van der Waals surface area (Å²) in [5, 5.41) is 9.57. The van der Waals surface area contributed by atoms with Gasteiger partial charge < -0.3 is 15.2 Å². The van der Waals surface area contributed by atoms with E-state index in [2.05, 4.69) is 11.1 Å². The van der Waals surface area contributed by atoms with Crippen LogP contribution in [0.3, 0.4) is 0 Å². The minimum atomic E-state index is 0.184. The van der Waals surface area contributed by atoms with E-state index in [1.165, 1.54) is 0 Å². The molecule has 0 radical (unpaired) electrons. The molecule has 0 saturated carbocycles. The summed E-state index contributed by atoms with van der Waals surface area (Å²) in [6, 6.07) is 19.2. The van der Waals surface area contributed by atoms with Crippen molar-refractivity contribution in [3.8, 4) is 40.0 Å². The first-order valence-corrected chi connectivity index (χ1v) is 7.67. The number of anilines is 1. The second-order valence-electron chi connectivity index (χ2n) is 5.33. The molecule has 0 unspecified atom stereocenters. The SMILES string of the molecule is COc1cccc(-c2cc(-c3ccccc3)nc(N)c2C#N)c1OC. The van der Waals surface area contributed by atoms with Crippen LogP contribution in [0.4, 0.5) is 5.82 Å².